The number of nitrogens with zero attached hydrogens (tertiary/aromatic N) is 1. The largest absolute Gasteiger partial charge is 0.504 e. The van der Waals surface area contributed by atoms with Gasteiger partial charge >= 0.3 is 0 Å². The Morgan fingerprint density at radius 3 is 2.71 bits per heavy atom. The first kappa shape index (κ1) is 10.4. The molecule has 3 N–H and O–H groups in total. The van der Waals surface area contributed by atoms with Crippen molar-refractivity contribution >= 4 is 0 Å². The highest BCUT2D eigenvalue weighted by Crippen LogP contribution is 2.24. The molecule has 1 rings (SSSR count). The van der Waals surface area contributed by atoms with Crippen molar-refractivity contribution in [1.82, 2.24) is 5.32 Å². The molecule has 0 atom stereocenters. The molecule has 0 bridgehead atoms. The van der Waals surface area contributed by atoms with Crippen LogP contribution in [-0.4, -0.2) is 23.3 Å². The van der Waals surface area contributed by atoms with Gasteiger partial charge in [0, 0.05) is 6.54 Å². The molecule has 0 saturated carbocycles. The van der Waals surface area contributed by atoms with Gasteiger partial charge in [0.1, 0.15) is 0 Å². The van der Waals surface area contributed by atoms with Crippen molar-refractivity contribution in [3.63, 3.8) is 0 Å². The van der Waals surface area contributed by atoms with Gasteiger partial charge in [0.25, 0.3) is 0 Å². The van der Waals surface area contributed by atoms with Crippen molar-refractivity contribution in [2.24, 2.45) is 0 Å². The molecule has 4 nitrogen and oxygen atoms in total. The lowest BCUT2D eigenvalue weighted by Gasteiger charge is -2.03. The fourth-order valence-electron chi connectivity index (χ4n) is 1.10. The number of rotatable bonds is 4. The quantitative estimate of drug-likeness (QED) is 0.374. The van der Waals surface area contributed by atoms with Crippen LogP contribution in [0.15, 0.2) is 18.2 Å². The first-order chi connectivity index (χ1) is 6.74. The molecule has 0 radical (unpaired) electrons. The lowest BCUT2D eigenvalue weighted by Crippen LogP contribution is -2.16. The molecule has 1 aromatic rings. The van der Waals surface area contributed by atoms with Crippen molar-refractivity contribution in [3.8, 4) is 17.6 Å². The Morgan fingerprint density at radius 1 is 1.29 bits per heavy atom. The third kappa shape index (κ3) is 2.96. The second-order valence-corrected chi connectivity index (χ2v) is 2.91. The Bertz CT molecular complexity index is 344. The highest BCUT2D eigenvalue weighted by atomic mass is 16.3. The van der Waals surface area contributed by atoms with Gasteiger partial charge < -0.3 is 15.5 Å². The molecule has 0 unspecified atom stereocenters. The van der Waals surface area contributed by atoms with Crippen molar-refractivity contribution in [2.45, 2.75) is 6.42 Å². The van der Waals surface area contributed by atoms with E-state index in [4.69, 9.17) is 10.4 Å². The minimum atomic E-state index is -0.112. The van der Waals surface area contributed by atoms with Crippen LogP contribution in [0.5, 0.6) is 11.5 Å². The number of hydrogen-bond donors (Lipinski definition) is 3. The van der Waals surface area contributed by atoms with Gasteiger partial charge in [-0.2, -0.15) is 5.26 Å². The zero-order valence-electron chi connectivity index (χ0n) is 7.70. The Kier molecular flexibility index (Phi) is 3.77. The third-order valence-corrected chi connectivity index (χ3v) is 1.83. The van der Waals surface area contributed by atoms with E-state index in [0.29, 0.717) is 13.1 Å². The summed E-state index contributed by atoms with van der Waals surface area (Å²) < 4.78 is 0. The fraction of sp³-hybridized carbons (Fsp3) is 0.300. The summed E-state index contributed by atoms with van der Waals surface area (Å²) in [7, 11) is 0. The van der Waals surface area contributed by atoms with E-state index < -0.39 is 0 Å². The summed E-state index contributed by atoms with van der Waals surface area (Å²) in [5.74, 6) is -0.221. The van der Waals surface area contributed by atoms with Crippen molar-refractivity contribution in [3.05, 3.63) is 23.8 Å². The summed E-state index contributed by atoms with van der Waals surface area (Å²) in [4.78, 5) is 0. The number of phenolic OH excluding ortho intramolecular Hbond substituents is 2. The van der Waals surface area contributed by atoms with Gasteiger partial charge in [-0.15, -0.1) is 0 Å². The zero-order valence-corrected chi connectivity index (χ0v) is 7.70. The van der Waals surface area contributed by atoms with Crippen LogP contribution < -0.4 is 5.32 Å². The average molecular weight is 192 g/mol. The summed E-state index contributed by atoms with van der Waals surface area (Å²) in [5.41, 5.74) is 0.922. The van der Waals surface area contributed by atoms with E-state index in [1.165, 1.54) is 12.1 Å². The molecule has 0 heterocycles. The topological polar surface area (TPSA) is 76.3 Å². The van der Waals surface area contributed by atoms with E-state index in [-0.39, 0.29) is 11.5 Å². The van der Waals surface area contributed by atoms with Crippen LogP contribution in [0.1, 0.15) is 5.56 Å². The highest BCUT2D eigenvalue weighted by Gasteiger charge is 1.99. The van der Waals surface area contributed by atoms with Crippen LogP contribution in [-0.2, 0) is 6.42 Å². The monoisotopic (exact) mass is 192 g/mol. The molecule has 0 aromatic heterocycles. The number of hydrogen-bond acceptors (Lipinski definition) is 4. The summed E-state index contributed by atoms with van der Waals surface area (Å²) >= 11 is 0. The summed E-state index contributed by atoms with van der Waals surface area (Å²) in [6.45, 7) is 1.00. The minimum Gasteiger partial charge on any atom is -0.504 e. The first-order valence-corrected chi connectivity index (χ1v) is 4.32. The van der Waals surface area contributed by atoms with Gasteiger partial charge in [-0.05, 0) is 24.1 Å². The van der Waals surface area contributed by atoms with Crippen LogP contribution in [0.2, 0.25) is 0 Å². The van der Waals surface area contributed by atoms with E-state index >= 15 is 0 Å². The van der Waals surface area contributed by atoms with Crippen LogP contribution in [0.3, 0.4) is 0 Å². The molecule has 14 heavy (non-hydrogen) atoms. The van der Waals surface area contributed by atoms with E-state index in [0.717, 1.165) is 12.0 Å². The average Bonchev–Trinajstić information content (AvgIpc) is 2.18. The van der Waals surface area contributed by atoms with Gasteiger partial charge in [-0.1, -0.05) is 6.07 Å². The molecule has 0 aliphatic rings. The molecule has 0 saturated heterocycles. The Labute approximate surface area is 82.4 Å². The van der Waals surface area contributed by atoms with Crippen LogP contribution >= 0.6 is 0 Å². The van der Waals surface area contributed by atoms with Crippen LogP contribution in [0, 0.1) is 11.3 Å². The van der Waals surface area contributed by atoms with Crippen molar-refractivity contribution < 1.29 is 10.2 Å². The molecule has 1 aromatic carbocycles. The molecule has 0 aliphatic heterocycles. The SMILES string of the molecule is N#CCNCCc1ccc(O)c(O)c1. The lowest BCUT2D eigenvalue weighted by atomic mass is 10.1. The van der Waals surface area contributed by atoms with Crippen LogP contribution in [0.4, 0.5) is 0 Å². The third-order valence-electron chi connectivity index (χ3n) is 1.83. The second kappa shape index (κ2) is 5.10. The van der Waals surface area contributed by atoms with E-state index in [1.807, 2.05) is 6.07 Å². The van der Waals surface area contributed by atoms with Gasteiger partial charge in [0.15, 0.2) is 11.5 Å². The smallest absolute Gasteiger partial charge is 0.157 e. The predicted molar refractivity (Wildman–Crippen MR) is 52.0 cm³/mol. The van der Waals surface area contributed by atoms with Crippen molar-refractivity contribution in [2.75, 3.05) is 13.1 Å². The van der Waals surface area contributed by atoms with E-state index in [9.17, 15) is 5.11 Å². The normalized spacial score (nSPS) is 9.64. The number of aromatic hydroxyl groups is 2. The van der Waals surface area contributed by atoms with E-state index in [1.54, 1.807) is 6.07 Å². The maximum atomic E-state index is 9.18. The maximum absolute atomic E-state index is 9.18. The standard InChI is InChI=1S/C10H12N2O2/c11-4-6-12-5-3-8-1-2-9(13)10(14)7-8/h1-2,7,12-14H,3,5-6H2. The highest BCUT2D eigenvalue weighted by molar-refractivity contribution is 5.40. The number of nitrogens with one attached hydrogen (secondary N) is 1. The number of nitriles is 1. The van der Waals surface area contributed by atoms with E-state index in [2.05, 4.69) is 5.32 Å². The van der Waals surface area contributed by atoms with Gasteiger partial charge in [-0.3, -0.25) is 0 Å². The Hall–Kier alpha value is -1.73. The molecular weight excluding hydrogens is 180 g/mol. The zero-order chi connectivity index (χ0) is 10.4. The van der Waals surface area contributed by atoms with Crippen LogP contribution in [0.25, 0.3) is 0 Å². The molecule has 0 fully saturated rings. The molecule has 0 spiro atoms. The summed E-state index contributed by atoms with van der Waals surface area (Å²) in [5, 5.41) is 29.4. The van der Waals surface area contributed by atoms with Crippen molar-refractivity contribution in [1.29, 1.82) is 5.26 Å². The van der Waals surface area contributed by atoms with Gasteiger partial charge in [-0.25, -0.2) is 0 Å². The lowest BCUT2D eigenvalue weighted by molar-refractivity contribution is 0.403. The van der Waals surface area contributed by atoms with Gasteiger partial charge in [0.2, 0.25) is 0 Å². The predicted octanol–water partition coefficient (Wildman–Crippen LogP) is 0.753. The summed E-state index contributed by atoms with van der Waals surface area (Å²) in [6, 6.07) is 6.68. The second-order valence-electron chi connectivity index (χ2n) is 2.91. The number of benzene rings is 1. The minimum absolute atomic E-state index is 0.109. The van der Waals surface area contributed by atoms with Gasteiger partial charge in [0.05, 0.1) is 12.6 Å². The maximum Gasteiger partial charge on any atom is 0.157 e. The Balaban J connectivity index is 2.44. The molecule has 74 valence electrons. The fourth-order valence-corrected chi connectivity index (χ4v) is 1.10. The Morgan fingerprint density at radius 2 is 2.07 bits per heavy atom. The molecule has 4 heteroatoms. The molecular formula is C10H12N2O2. The summed E-state index contributed by atoms with van der Waals surface area (Å²) in [6.07, 6.45) is 0.718. The first-order valence-electron chi connectivity index (χ1n) is 4.32. The number of phenols is 2. The molecule has 0 aliphatic carbocycles. The molecule has 0 amide bonds.